The quantitative estimate of drug-likeness (QED) is 0.620. The zero-order chi connectivity index (χ0) is 15.5. The van der Waals surface area contributed by atoms with Crippen LogP contribution in [0.1, 0.15) is 31.2 Å². The van der Waals surface area contributed by atoms with Gasteiger partial charge >= 0.3 is 0 Å². The van der Waals surface area contributed by atoms with Gasteiger partial charge in [0, 0.05) is 18.9 Å². The van der Waals surface area contributed by atoms with E-state index in [0.717, 1.165) is 22.2 Å². The highest BCUT2D eigenvalue weighted by atomic mass is 79.9. The van der Waals surface area contributed by atoms with E-state index in [1.807, 2.05) is 18.2 Å². The number of halogens is 3. The second-order valence-electron chi connectivity index (χ2n) is 5.64. The molecule has 6 heteroatoms. The zero-order valence-electron chi connectivity index (χ0n) is 12.0. The van der Waals surface area contributed by atoms with Gasteiger partial charge < -0.3 is 4.74 Å². The molecule has 1 saturated carbocycles. The van der Waals surface area contributed by atoms with Gasteiger partial charge in [-0.3, -0.25) is 11.3 Å². The molecule has 0 saturated heterocycles. The highest BCUT2D eigenvalue weighted by Crippen LogP contribution is 2.38. The van der Waals surface area contributed by atoms with Gasteiger partial charge in [-0.1, -0.05) is 6.07 Å². The summed E-state index contributed by atoms with van der Waals surface area (Å²) < 4.78 is 32.6. The number of ether oxygens (including phenoxy) is 1. The molecule has 0 aromatic heterocycles. The van der Waals surface area contributed by atoms with Crippen LogP contribution in [0.2, 0.25) is 0 Å². The molecule has 0 heterocycles. The lowest BCUT2D eigenvalue weighted by Gasteiger charge is -2.33. The lowest BCUT2D eigenvalue weighted by atomic mass is 9.80. The Kier molecular flexibility index (Phi) is 5.57. The van der Waals surface area contributed by atoms with E-state index in [1.54, 1.807) is 7.11 Å². The van der Waals surface area contributed by atoms with Crippen LogP contribution in [0.15, 0.2) is 22.7 Å². The highest BCUT2D eigenvalue weighted by molar-refractivity contribution is 9.10. The van der Waals surface area contributed by atoms with Crippen molar-refractivity contribution in [2.45, 2.75) is 44.1 Å². The molecule has 1 aromatic rings. The van der Waals surface area contributed by atoms with Gasteiger partial charge in [-0.25, -0.2) is 8.78 Å². The molecule has 0 bridgehead atoms. The summed E-state index contributed by atoms with van der Waals surface area (Å²) in [5, 5.41) is 0. The smallest absolute Gasteiger partial charge is 0.248 e. The number of rotatable bonds is 5. The van der Waals surface area contributed by atoms with Crippen LogP contribution in [-0.2, 0) is 6.42 Å². The standard InChI is InChI=1S/C15H21BrF2N2O/c1-21-14-3-2-10(8-12(14)16)9-13(20-19)11-4-6-15(17,18)7-5-11/h2-3,8,11,13,20H,4-7,9,19H2,1H3. The van der Waals surface area contributed by atoms with Crippen molar-refractivity contribution in [2.75, 3.05) is 7.11 Å². The summed E-state index contributed by atoms with van der Waals surface area (Å²) in [7, 11) is 1.62. The normalized spacial score (nSPS) is 20.2. The van der Waals surface area contributed by atoms with Gasteiger partial charge in [0.05, 0.1) is 11.6 Å². The number of hydrogen-bond donors (Lipinski definition) is 2. The third kappa shape index (κ3) is 4.37. The van der Waals surface area contributed by atoms with E-state index in [2.05, 4.69) is 21.4 Å². The summed E-state index contributed by atoms with van der Waals surface area (Å²) in [5.41, 5.74) is 3.90. The van der Waals surface area contributed by atoms with Crippen molar-refractivity contribution in [1.82, 2.24) is 5.43 Å². The molecule has 0 aliphatic heterocycles. The second-order valence-corrected chi connectivity index (χ2v) is 6.49. The first-order chi connectivity index (χ1) is 9.95. The number of hydrazine groups is 1. The first-order valence-corrected chi connectivity index (χ1v) is 7.91. The van der Waals surface area contributed by atoms with Crippen LogP contribution in [0, 0.1) is 5.92 Å². The number of methoxy groups -OCH3 is 1. The molecule has 118 valence electrons. The molecule has 1 fully saturated rings. The summed E-state index contributed by atoms with van der Waals surface area (Å²) in [4.78, 5) is 0. The predicted octanol–water partition coefficient (Wildman–Crippen LogP) is 3.66. The SMILES string of the molecule is COc1ccc(CC(NN)C2CCC(F)(F)CC2)cc1Br. The van der Waals surface area contributed by atoms with Crippen molar-refractivity contribution >= 4 is 15.9 Å². The maximum absolute atomic E-state index is 13.2. The zero-order valence-corrected chi connectivity index (χ0v) is 13.6. The van der Waals surface area contributed by atoms with Crippen molar-refractivity contribution in [3.8, 4) is 5.75 Å². The van der Waals surface area contributed by atoms with Crippen LogP contribution in [0.5, 0.6) is 5.75 Å². The van der Waals surface area contributed by atoms with Crippen molar-refractivity contribution in [2.24, 2.45) is 11.8 Å². The van der Waals surface area contributed by atoms with Gasteiger partial charge in [-0.15, -0.1) is 0 Å². The fourth-order valence-corrected chi connectivity index (χ4v) is 3.51. The summed E-state index contributed by atoms with van der Waals surface area (Å²) >= 11 is 3.45. The van der Waals surface area contributed by atoms with Gasteiger partial charge in [0.1, 0.15) is 5.75 Å². The summed E-state index contributed by atoms with van der Waals surface area (Å²) in [5.74, 6) is 4.10. The molecule has 2 rings (SSSR count). The Hall–Kier alpha value is -0.720. The summed E-state index contributed by atoms with van der Waals surface area (Å²) in [6, 6.07) is 5.87. The Balaban J connectivity index is 2.01. The van der Waals surface area contributed by atoms with E-state index in [9.17, 15) is 8.78 Å². The third-order valence-electron chi connectivity index (χ3n) is 4.22. The van der Waals surface area contributed by atoms with E-state index in [1.165, 1.54) is 0 Å². The number of nitrogens with one attached hydrogen (secondary N) is 1. The molecule has 21 heavy (non-hydrogen) atoms. The van der Waals surface area contributed by atoms with Crippen molar-refractivity contribution in [3.63, 3.8) is 0 Å². The number of benzene rings is 1. The van der Waals surface area contributed by atoms with Crippen LogP contribution < -0.4 is 16.0 Å². The number of nitrogens with two attached hydrogens (primary N) is 1. The average molecular weight is 363 g/mol. The van der Waals surface area contributed by atoms with Gasteiger partial charge in [-0.2, -0.15) is 0 Å². The molecule has 3 N–H and O–H groups in total. The number of alkyl halides is 2. The molecule has 1 unspecified atom stereocenters. The second kappa shape index (κ2) is 7.03. The summed E-state index contributed by atoms with van der Waals surface area (Å²) in [6.07, 6.45) is 1.66. The maximum atomic E-state index is 13.2. The highest BCUT2D eigenvalue weighted by Gasteiger charge is 2.37. The predicted molar refractivity (Wildman–Crippen MR) is 82.4 cm³/mol. The first-order valence-electron chi connectivity index (χ1n) is 7.11. The van der Waals surface area contributed by atoms with Gasteiger partial charge in [0.25, 0.3) is 0 Å². The van der Waals surface area contributed by atoms with Crippen LogP contribution in [0.25, 0.3) is 0 Å². The first kappa shape index (κ1) is 16.6. The van der Waals surface area contributed by atoms with E-state index >= 15 is 0 Å². The number of hydrogen-bond acceptors (Lipinski definition) is 3. The Labute approximate surface area is 132 Å². The minimum atomic E-state index is -2.50. The van der Waals surface area contributed by atoms with E-state index in [4.69, 9.17) is 10.6 Å². The fourth-order valence-electron chi connectivity index (χ4n) is 2.92. The summed E-state index contributed by atoms with van der Waals surface area (Å²) in [6.45, 7) is 0. The Morgan fingerprint density at radius 1 is 1.43 bits per heavy atom. The van der Waals surface area contributed by atoms with Crippen LogP contribution in [-0.4, -0.2) is 19.1 Å². The third-order valence-corrected chi connectivity index (χ3v) is 4.84. The lowest BCUT2D eigenvalue weighted by molar-refractivity contribution is -0.0495. The molecular weight excluding hydrogens is 342 g/mol. The lowest BCUT2D eigenvalue weighted by Crippen LogP contribution is -2.44. The Morgan fingerprint density at radius 2 is 2.10 bits per heavy atom. The molecule has 1 aliphatic rings. The van der Waals surface area contributed by atoms with E-state index in [-0.39, 0.29) is 24.8 Å². The van der Waals surface area contributed by atoms with Gasteiger partial charge in [0.2, 0.25) is 5.92 Å². The topological polar surface area (TPSA) is 47.3 Å². The largest absolute Gasteiger partial charge is 0.496 e. The molecular formula is C15H21BrF2N2O. The Bertz CT molecular complexity index is 475. The van der Waals surface area contributed by atoms with Crippen molar-refractivity contribution < 1.29 is 13.5 Å². The van der Waals surface area contributed by atoms with Gasteiger partial charge in [0.15, 0.2) is 0 Å². The van der Waals surface area contributed by atoms with Gasteiger partial charge in [-0.05, 0) is 58.8 Å². The molecule has 3 nitrogen and oxygen atoms in total. The van der Waals surface area contributed by atoms with Crippen LogP contribution >= 0.6 is 15.9 Å². The molecule has 0 spiro atoms. The average Bonchev–Trinajstić information content (AvgIpc) is 2.45. The molecule has 0 radical (unpaired) electrons. The fraction of sp³-hybridized carbons (Fsp3) is 0.600. The minimum absolute atomic E-state index is 0.0152. The molecule has 1 atom stereocenters. The van der Waals surface area contributed by atoms with Crippen molar-refractivity contribution in [1.29, 1.82) is 0 Å². The molecule has 1 aromatic carbocycles. The van der Waals surface area contributed by atoms with E-state index < -0.39 is 5.92 Å². The molecule has 1 aliphatic carbocycles. The molecule has 0 amide bonds. The van der Waals surface area contributed by atoms with Crippen molar-refractivity contribution in [3.05, 3.63) is 28.2 Å². The Morgan fingerprint density at radius 3 is 2.62 bits per heavy atom. The monoisotopic (exact) mass is 362 g/mol. The van der Waals surface area contributed by atoms with Crippen LogP contribution in [0.4, 0.5) is 8.78 Å². The maximum Gasteiger partial charge on any atom is 0.248 e. The minimum Gasteiger partial charge on any atom is -0.496 e. The van der Waals surface area contributed by atoms with E-state index in [0.29, 0.717) is 12.8 Å². The van der Waals surface area contributed by atoms with Crippen LogP contribution in [0.3, 0.4) is 0 Å².